The van der Waals surface area contributed by atoms with Gasteiger partial charge in [0.05, 0.1) is 11.4 Å². The van der Waals surface area contributed by atoms with E-state index < -0.39 is 18.6 Å². The first-order valence-electron chi connectivity index (χ1n) is 5.74. The molecule has 19 heavy (non-hydrogen) atoms. The summed E-state index contributed by atoms with van der Waals surface area (Å²) in [7, 11) is 0. The van der Waals surface area contributed by atoms with Gasteiger partial charge in [0.25, 0.3) is 5.91 Å². The van der Waals surface area contributed by atoms with Gasteiger partial charge in [0.2, 0.25) is 0 Å². The van der Waals surface area contributed by atoms with E-state index in [-0.39, 0.29) is 6.54 Å². The Morgan fingerprint density at radius 2 is 2.16 bits per heavy atom. The van der Waals surface area contributed by atoms with Crippen LogP contribution in [-0.2, 0) is 6.54 Å². The standard InChI is InChI=1S/C11H16F3N3OS/c1-2-5-17(7-11(12,13)14)6-8-3-4-9(19-8)10(18)16-15/h3-4H,2,5-7,15H2,1H3,(H,16,18). The second-order valence-electron chi connectivity index (χ2n) is 4.07. The maximum Gasteiger partial charge on any atom is 0.401 e. The van der Waals surface area contributed by atoms with Crippen LogP contribution in [0.2, 0.25) is 0 Å². The highest BCUT2D eigenvalue weighted by atomic mass is 32.1. The Morgan fingerprint density at radius 1 is 1.47 bits per heavy atom. The van der Waals surface area contributed by atoms with E-state index in [4.69, 9.17) is 5.84 Å². The summed E-state index contributed by atoms with van der Waals surface area (Å²) in [4.78, 5) is 13.7. The largest absolute Gasteiger partial charge is 0.401 e. The normalized spacial score (nSPS) is 11.9. The molecule has 0 atom stereocenters. The molecule has 0 radical (unpaired) electrons. The molecule has 0 aliphatic rings. The van der Waals surface area contributed by atoms with Crippen molar-refractivity contribution < 1.29 is 18.0 Å². The van der Waals surface area contributed by atoms with Gasteiger partial charge in [-0.05, 0) is 25.1 Å². The number of alkyl halides is 3. The molecular formula is C11H16F3N3OS. The third-order valence-electron chi connectivity index (χ3n) is 2.34. The van der Waals surface area contributed by atoms with E-state index in [1.54, 1.807) is 12.1 Å². The molecule has 1 amide bonds. The van der Waals surface area contributed by atoms with E-state index in [0.717, 1.165) is 11.3 Å². The maximum absolute atomic E-state index is 12.4. The van der Waals surface area contributed by atoms with Crippen LogP contribution in [0.3, 0.4) is 0 Å². The van der Waals surface area contributed by atoms with Crippen molar-refractivity contribution in [2.45, 2.75) is 26.1 Å². The molecule has 0 fully saturated rings. The Labute approximate surface area is 113 Å². The third kappa shape index (κ3) is 5.58. The van der Waals surface area contributed by atoms with Crippen LogP contribution >= 0.6 is 11.3 Å². The average Bonchev–Trinajstić information content (AvgIpc) is 2.74. The maximum atomic E-state index is 12.4. The number of thiophene rings is 1. The second kappa shape index (κ2) is 6.88. The fraction of sp³-hybridized carbons (Fsp3) is 0.545. The summed E-state index contributed by atoms with van der Waals surface area (Å²) in [6, 6.07) is 3.20. The van der Waals surface area contributed by atoms with Crippen LogP contribution in [0.15, 0.2) is 12.1 Å². The lowest BCUT2D eigenvalue weighted by Crippen LogP contribution is -2.34. The Morgan fingerprint density at radius 3 is 2.68 bits per heavy atom. The van der Waals surface area contributed by atoms with Gasteiger partial charge >= 0.3 is 6.18 Å². The van der Waals surface area contributed by atoms with E-state index in [0.29, 0.717) is 22.7 Å². The molecular weight excluding hydrogens is 279 g/mol. The number of amides is 1. The summed E-state index contributed by atoms with van der Waals surface area (Å²) < 4.78 is 37.2. The van der Waals surface area contributed by atoms with Crippen molar-refractivity contribution in [2.24, 2.45) is 5.84 Å². The van der Waals surface area contributed by atoms with Crippen LogP contribution in [0, 0.1) is 0 Å². The highest BCUT2D eigenvalue weighted by Crippen LogP contribution is 2.22. The first-order chi connectivity index (χ1) is 8.85. The lowest BCUT2D eigenvalue weighted by Gasteiger charge is -2.22. The number of nitrogen functional groups attached to an aromatic ring is 1. The number of nitrogens with one attached hydrogen (secondary N) is 1. The van der Waals surface area contributed by atoms with Crippen LogP contribution in [0.4, 0.5) is 13.2 Å². The van der Waals surface area contributed by atoms with Crippen molar-refractivity contribution in [3.63, 3.8) is 0 Å². The minimum absolute atomic E-state index is 0.176. The Hall–Kier alpha value is -1.12. The summed E-state index contributed by atoms with van der Waals surface area (Å²) in [5.74, 6) is 4.56. The van der Waals surface area contributed by atoms with Crippen LogP contribution in [-0.4, -0.2) is 30.1 Å². The molecule has 0 saturated carbocycles. The van der Waals surface area contributed by atoms with E-state index in [1.807, 2.05) is 12.3 Å². The molecule has 0 bridgehead atoms. The molecule has 1 aromatic rings. The molecule has 1 aromatic heterocycles. The van der Waals surface area contributed by atoms with Gasteiger partial charge in [-0.1, -0.05) is 6.92 Å². The van der Waals surface area contributed by atoms with Gasteiger partial charge in [0.1, 0.15) is 0 Å². The number of rotatable bonds is 6. The van der Waals surface area contributed by atoms with Gasteiger partial charge in [-0.25, -0.2) is 5.84 Å². The molecule has 0 aliphatic carbocycles. The van der Waals surface area contributed by atoms with Gasteiger partial charge in [-0.3, -0.25) is 15.1 Å². The number of hydrogen-bond acceptors (Lipinski definition) is 4. The van der Waals surface area contributed by atoms with Crippen molar-refractivity contribution in [1.82, 2.24) is 10.3 Å². The monoisotopic (exact) mass is 295 g/mol. The smallest absolute Gasteiger partial charge is 0.290 e. The van der Waals surface area contributed by atoms with Gasteiger partial charge in [0.15, 0.2) is 0 Å². The number of halogens is 3. The SMILES string of the molecule is CCCN(Cc1ccc(C(=O)NN)s1)CC(F)(F)F. The quantitative estimate of drug-likeness (QED) is 0.480. The zero-order valence-corrected chi connectivity index (χ0v) is 11.3. The number of hydrogen-bond donors (Lipinski definition) is 2. The average molecular weight is 295 g/mol. The zero-order chi connectivity index (χ0) is 14.5. The van der Waals surface area contributed by atoms with Crippen molar-refractivity contribution >= 4 is 17.2 Å². The summed E-state index contributed by atoms with van der Waals surface area (Å²) >= 11 is 1.14. The van der Waals surface area contributed by atoms with Crippen LogP contribution in [0.25, 0.3) is 0 Å². The summed E-state index contributed by atoms with van der Waals surface area (Å²) in [6.07, 6.45) is -3.58. The minimum atomic E-state index is -4.22. The van der Waals surface area contributed by atoms with E-state index >= 15 is 0 Å². The van der Waals surface area contributed by atoms with Crippen molar-refractivity contribution in [3.05, 3.63) is 21.9 Å². The molecule has 0 aliphatic heterocycles. The topological polar surface area (TPSA) is 58.4 Å². The fourth-order valence-corrected chi connectivity index (χ4v) is 2.61. The number of carbonyl (C=O) groups is 1. The summed E-state index contributed by atoms with van der Waals surface area (Å²) in [5, 5.41) is 0. The predicted molar refractivity (Wildman–Crippen MR) is 67.6 cm³/mol. The van der Waals surface area contributed by atoms with E-state index in [1.165, 1.54) is 4.90 Å². The van der Waals surface area contributed by atoms with Crippen molar-refractivity contribution in [3.8, 4) is 0 Å². The van der Waals surface area contributed by atoms with Crippen molar-refractivity contribution in [1.29, 1.82) is 0 Å². The summed E-state index contributed by atoms with van der Waals surface area (Å²) in [5.41, 5.74) is 1.99. The van der Waals surface area contributed by atoms with Gasteiger partial charge in [0, 0.05) is 11.4 Å². The van der Waals surface area contributed by atoms with Crippen LogP contribution in [0.5, 0.6) is 0 Å². The van der Waals surface area contributed by atoms with Crippen molar-refractivity contribution in [2.75, 3.05) is 13.1 Å². The number of hydrazine groups is 1. The van der Waals surface area contributed by atoms with Gasteiger partial charge in [-0.15, -0.1) is 11.3 Å². The third-order valence-corrected chi connectivity index (χ3v) is 3.41. The first kappa shape index (κ1) is 15.9. The van der Waals surface area contributed by atoms with Gasteiger partial charge < -0.3 is 0 Å². The van der Waals surface area contributed by atoms with E-state index in [9.17, 15) is 18.0 Å². The Kier molecular flexibility index (Phi) is 5.77. The van der Waals surface area contributed by atoms with Gasteiger partial charge in [-0.2, -0.15) is 13.2 Å². The molecule has 108 valence electrons. The number of nitrogens with zero attached hydrogens (tertiary/aromatic N) is 1. The molecule has 3 N–H and O–H groups in total. The zero-order valence-electron chi connectivity index (χ0n) is 10.5. The van der Waals surface area contributed by atoms with Crippen LogP contribution in [0.1, 0.15) is 27.9 Å². The molecule has 8 heteroatoms. The Bertz CT molecular complexity index is 420. The number of carbonyl (C=O) groups excluding carboxylic acids is 1. The van der Waals surface area contributed by atoms with E-state index in [2.05, 4.69) is 0 Å². The number of nitrogens with two attached hydrogens (primary N) is 1. The van der Waals surface area contributed by atoms with Crippen LogP contribution < -0.4 is 11.3 Å². The molecule has 4 nitrogen and oxygen atoms in total. The lowest BCUT2D eigenvalue weighted by molar-refractivity contribution is -0.147. The highest BCUT2D eigenvalue weighted by molar-refractivity contribution is 7.14. The minimum Gasteiger partial charge on any atom is -0.290 e. The lowest BCUT2D eigenvalue weighted by atomic mass is 10.3. The highest BCUT2D eigenvalue weighted by Gasteiger charge is 2.30. The molecule has 0 saturated heterocycles. The predicted octanol–water partition coefficient (Wildman–Crippen LogP) is 2.13. The second-order valence-corrected chi connectivity index (χ2v) is 5.23. The molecule has 0 spiro atoms. The first-order valence-corrected chi connectivity index (χ1v) is 6.56. The molecule has 1 heterocycles. The molecule has 1 rings (SSSR count). The fourth-order valence-electron chi connectivity index (χ4n) is 1.66. The summed E-state index contributed by atoms with van der Waals surface area (Å²) in [6.45, 7) is 1.41. The molecule has 0 unspecified atom stereocenters. The Balaban J connectivity index is 2.68. The molecule has 0 aromatic carbocycles.